The smallest absolute Gasteiger partial charge is 0.160 e. The number of hydrogen-bond acceptors (Lipinski definition) is 4. The second kappa shape index (κ2) is 8.47. The van der Waals surface area contributed by atoms with Crippen LogP contribution in [0.25, 0.3) is 0 Å². The van der Waals surface area contributed by atoms with Gasteiger partial charge in [0.2, 0.25) is 0 Å². The minimum absolute atomic E-state index is 0.0432. The van der Waals surface area contributed by atoms with Crippen LogP contribution in [0.2, 0.25) is 0 Å². The second-order valence-electron chi connectivity index (χ2n) is 6.43. The molecule has 0 spiro atoms. The standard InChI is InChI=1S/C20H24F2N2O2/c1-14(15-4-3-5-18(10-15)25-2)23-12-17-13-26-9-8-24(17)16-6-7-19(21)20(22)11-16/h3-7,10-11,14,17,23H,8-9,12-13H2,1-2H3/t14-,17?/m1/s1. The van der Waals surface area contributed by atoms with Crippen molar-refractivity contribution in [3.63, 3.8) is 0 Å². The Bertz CT molecular complexity index is 742. The fourth-order valence-corrected chi connectivity index (χ4v) is 3.17. The maximum Gasteiger partial charge on any atom is 0.160 e. The van der Waals surface area contributed by atoms with Crippen molar-refractivity contribution in [3.05, 3.63) is 59.7 Å². The average molecular weight is 362 g/mol. The zero-order valence-electron chi connectivity index (χ0n) is 15.0. The summed E-state index contributed by atoms with van der Waals surface area (Å²) in [5, 5.41) is 3.50. The molecule has 1 aliphatic rings. The van der Waals surface area contributed by atoms with E-state index >= 15 is 0 Å². The van der Waals surface area contributed by atoms with Crippen LogP contribution in [0.4, 0.5) is 14.5 Å². The van der Waals surface area contributed by atoms with Crippen LogP contribution in [-0.4, -0.2) is 39.5 Å². The second-order valence-corrected chi connectivity index (χ2v) is 6.43. The first-order chi connectivity index (χ1) is 12.6. The van der Waals surface area contributed by atoms with Crippen LogP contribution < -0.4 is 15.0 Å². The van der Waals surface area contributed by atoms with Crippen LogP contribution in [0.5, 0.6) is 5.75 Å². The number of rotatable bonds is 6. The van der Waals surface area contributed by atoms with Crippen molar-refractivity contribution in [2.45, 2.75) is 19.0 Å². The maximum absolute atomic E-state index is 13.6. The minimum Gasteiger partial charge on any atom is -0.497 e. The lowest BCUT2D eigenvalue weighted by Gasteiger charge is -2.38. The van der Waals surface area contributed by atoms with Gasteiger partial charge in [-0.3, -0.25) is 0 Å². The van der Waals surface area contributed by atoms with Crippen LogP contribution in [0.15, 0.2) is 42.5 Å². The van der Waals surface area contributed by atoms with E-state index in [4.69, 9.17) is 9.47 Å². The quantitative estimate of drug-likeness (QED) is 0.852. The summed E-state index contributed by atoms with van der Waals surface area (Å²) in [4.78, 5) is 2.07. The van der Waals surface area contributed by atoms with E-state index in [9.17, 15) is 8.78 Å². The fourth-order valence-electron chi connectivity index (χ4n) is 3.17. The van der Waals surface area contributed by atoms with E-state index in [0.29, 0.717) is 32.0 Å². The number of morpholine rings is 1. The molecular weight excluding hydrogens is 338 g/mol. The lowest BCUT2D eigenvalue weighted by molar-refractivity contribution is 0.0930. The molecule has 1 heterocycles. The molecule has 0 saturated carbocycles. The molecule has 26 heavy (non-hydrogen) atoms. The molecule has 2 aromatic carbocycles. The molecule has 3 rings (SSSR count). The third-order valence-corrected chi connectivity index (χ3v) is 4.72. The van der Waals surface area contributed by atoms with Crippen LogP contribution in [0.1, 0.15) is 18.5 Å². The Morgan fingerprint density at radius 3 is 2.85 bits per heavy atom. The number of methoxy groups -OCH3 is 1. The molecular formula is C20H24F2N2O2. The van der Waals surface area contributed by atoms with E-state index in [1.807, 2.05) is 24.3 Å². The van der Waals surface area contributed by atoms with E-state index in [-0.39, 0.29) is 12.1 Å². The Kier molecular flexibility index (Phi) is 6.06. The predicted molar refractivity (Wildman–Crippen MR) is 97.7 cm³/mol. The van der Waals surface area contributed by atoms with Crippen molar-refractivity contribution in [2.75, 3.05) is 38.3 Å². The molecule has 1 aliphatic heterocycles. The third kappa shape index (κ3) is 4.31. The van der Waals surface area contributed by atoms with Crippen molar-refractivity contribution >= 4 is 5.69 Å². The van der Waals surface area contributed by atoms with Gasteiger partial charge >= 0.3 is 0 Å². The fraction of sp³-hybridized carbons (Fsp3) is 0.400. The van der Waals surface area contributed by atoms with Gasteiger partial charge in [0.1, 0.15) is 5.75 Å². The van der Waals surface area contributed by atoms with E-state index in [0.717, 1.165) is 11.3 Å². The lowest BCUT2D eigenvalue weighted by Crippen LogP contribution is -2.51. The zero-order valence-corrected chi connectivity index (χ0v) is 15.0. The highest BCUT2D eigenvalue weighted by Crippen LogP contribution is 2.23. The Balaban J connectivity index is 1.67. The van der Waals surface area contributed by atoms with Gasteiger partial charge in [-0.15, -0.1) is 0 Å². The van der Waals surface area contributed by atoms with Crippen LogP contribution >= 0.6 is 0 Å². The molecule has 2 atom stereocenters. The number of benzene rings is 2. The minimum atomic E-state index is -0.830. The van der Waals surface area contributed by atoms with Gasteiger partial charge in [-0.2, -0.15) is 0 Å². The molecule has 0 amide bonds. The molecule has 0 bridgehead atoms. The molecule has 2 aromatic rings. The van der Waals surface area contributed by atoms with Gasteiger partial charge in [-0.05, 0) is 36.8 Å². The lowest BCUT2D eigenvalue weighted by atomic mass is 10.1. The largest absolute Gasteiger partial charge is 0.497 e. The number of nitrogens with zero attached hydrogens (tertiary/aromatic N) is 1. The number of nitrogens with one attached hydrogen (secondary N) is 1. The number of hydrogen-bond donors (Lipinski definition) is 1. The normalized spacial score (nSPS) is 18.6. The molecule has 4 nitrogen and oxygen atoms in total. The van der Waals surface area contributed by atoms with Crippen molar-refractivity contribution in [2.24, 2.45) is 0 Å². The van der Waals surface area contributed by atoms with Crippen molar-refractivity contribution in [1.82, 2.24) is 5.32 Å². The summed E-state index contributed by atoms with van der Waals surface area (Å²) in [7, 11) is 1.65. The van der Waals surface area contributed by atoms with E-state index < -0.39 is 11.6 Å². The van der Waals surface area contributed by atoms with Gasteiger partial charge < -0.3 is 19.7 Å². The Morgan fingerprint density at radius 1 is 1.23 bits per heavy atom. The molecule has 0 aromatic heterocycles. The molecule has 140 valence electrons. The summed E-state index contributed by atoms with van der Waals surface area (Å²) in [5.41, 5.74) is 1.80. The predicted octanol–water partition coefficient (Wildman–Crippen LogP) is 3.53. The highest BCUT2D eigenvalue weighted by atomic mass is 19.2. The van der Waals surface area contributed by atoms with Gasteiger partial charge in [0.25, 0.3) is 0 Å². The number of halogens is 2. The SMILES string of the molecule is COc1cccc([C@@H](C)NCC2COCCN2c2ccc(F)c(F)c2)c1. The van der Waals surface area contributed by atoms with Crippen molar-refractivity contribution in [1.29, 1.82) is 0 Å². The molecule has 0 radical (unpaired) electrons. The first-order valence-corrected chi connectivity index (χ1v) is 8.75. The van der Waals surface area contributed by atoms with Crippen LogP contribution in [0.3, 0.4) is 0 Å². The summed E-state index contributed by atoms with van der Waals surface area (Å²) < 4.78 is 37.7. The van der Waals surface area contributed by atoms with E-state index in [1.54, 1.807) is 13.2 Å². The van der Waals surface area contributed by atoms with Gasteiger partial charge in [-0.1, -0.05) is 12.1 Å². The van der Waals surface area contributed by atoms with Gasteiger partial charge in [0.05, 0.1) is 26.4 Å². The first kappa shape index (κ1) is 18.6. The molecule has 1 N–H and O–H groups in total. The molecule has 6 heteroatoms. The third-order valence-electron chi connectivity index (χ3n) is 4.72. The molecule has 1 saturated heterocycles. The highest BCUT2D eigenvalue weighted by molar-refractivity contribution is 5.48. The Morgan fingerprint density at radius 2 is 2.08 bits per heavy atom. The van der Waals surface area contributed by atoms with Crippen LogP contribution in [-0.2, 0) is 4.74 Å². The van der Waals surface area contributed by atoms with Crippen molar-refractivity contribution < 1.29 is 18.3 Å². The van der Waals surface area contributed by atoms with Crippen molar-refractivity contribution in [3.8, 4) is 5.75 Å². The van der Waals surface area contributed by atoms with Gasteiger partial charge in [0, 0.05) is 30.9 Å². The summed E-state index contributed by atoms with van der Waals surface area (Å²) in [6.07, 6.45) is 0. The Labute approximate surface area is 152 Å². The van der Waals surface area contributed by atoms with Crippen LogP contribution in [0, 0.1) is 11.6 Å². The first-order valence-electron chi connectivity index (χ1n) is 8.75. The van der Waals surface area contributed by atoms with Gasteiger partial charge in [0.15, 0.2) is 11.6 Å². The summed E-state index contributed by atoms with van der Waals surface area (Å²) in [6, 6.07) is 12.1. The monoisotopic (exact) mass is 362 g/mol. The number of ether oxygens (including phenoxy) is 2. The topological polar surface area (TPSA) is 33.7 Å². The zero-order chi connectivity index (χ0) is 18.5. The highest BCUT2D eigenvalue weighted by Gasteiger charge is 2.24. The summed E-state index contributed by atoms with van der Waals surface area (Å²) >= 11 is 0. The molecule has 0 aliphatic carbocycles. The summed E-state index contributed by atoms with van der Waals surface area (Å²) in [5.74, 6) is -0.839. The molecule has 1 fully saturated rings. The average Bonchev–Trinajstić information content (AvgIpc) is 2.68. The number of anilines is 1. The Hall–Kier alpha value is -2.18. The maximum atomic E-state index is 13.6. The molecule has 1 unspecified atom stereocenters. The summed E-state index contributed by atoms with van der Waals surface area (Å²) in [6.45, 7) is 4.50. The van der Waals surface area contributed by atoms with Gasteiger partial charge in [-0.25, -0.2) is 8.78 Å². The van der Waals surface area contributed by atoms with E-state index in [2.05, 4.69) is 17.1 Å². The van der Waals surface area contributed by atoms with E-state index in [1.165, 1.54) is 12.1 Å².